The maximum Gasteiger partial charge on any atom is 0.0638 e. The molecule has 0 saturated carbocycles. The molecular weight excluding hydrogens is 186 g/mol. The Morgan fingerprint density at radius 2 is 2.20 bits per heavy atom. The molecule has 0 aromatic carbocycles. The predicted octanol–water partition coefficient (Wildman–Crippen LogP) is 1.70. The lowest BCUT2D eigenvalue weighted by Crippen LogP contribution is -2.41. The SMILES string of the molecule is CCCN1CCC(C)N(C)CC1CC#N. The average Bonchev–Trinajstić information content (AvgIpc) is 2.33. The van der Waals surface area contributed by atoms with Gasteiger partial charge in [0.2, 0.25) is 0 Å². The molecule has 1 aliphatic rings. The van der Waals surface area contributed by atoms with Crippen LogP contribution in [0.2, 0.25) is 0 Å². The summed E-state index contributed by atoms with van der Waals surface area (Å²) >= 11 is 0. The molecule has 1 heterocycles. The minimum absolute atomic E-state index is 0.435. The largest absolute Gasteiger partial charge is 0.302 e. The summed E-state index contributed by atoms with van der Waals surface area (Å²) in [5.41, 5.74) is 0. The third-order valence-corrected chi connectivity index (χ3v) is 3.44. The number of hydrogen-bond acceptors (Lipinski definition) is 3. The highest BCUT2D eigenvalue weighted by atomic mass is 15.2. The monoisotopic (exact) mass is 209 g/mol. The lowest BCUT2D eigenvalue weighted by Gasteiger charge is -2.29. The Labute approximate surface area is 93.7 Å². The summed E-state index contributed by atoms with van der Waals surface area (Å²) in [6.07, 6.45) is 3.06. The van der Waals surface area contributed by atoms with Crippen molar-refractivity contribution in [1.82, 2.24) is 9.80 Å². The molecule has 0 bridgehead atoms. The molecule has 3 nitrogen and oxygen atoms in total. The highest BCUT2D eigenvalue weighted by molar-refractivity contribution is 4.88. The van der Waals surface area contributed by atoms with Crippen molar-refractivity contribution in [3.8, 4) is 6.07 Å². The lowest BCUT2D eigenvalue weighted by molar-refractivity contribution is 0.185. The highest BCUT2D eigenvalue weighted by Gasteiger charge is 2.25. The van der Waals surface area contributed by atoms with Gasteiger partial charge in [0.1, 0.15) is 0 Å². The van der Waals surface area contributed by atoms with Crippen LogP contribution in [0.3, 0.4) is 0 Å². The predicted molar refractivity (Wildman–Crippen MR) is 62.6 cm³/mol. The number of nitriles is 1. The summed E-state index contributed by atoms with van der Waals surface area (Å²) in [6.45, 7) is 7.80. The molecule has 3 heteroatoms. The Hall–Kier alpha value is -0.590. The van der Waals surface area contributed by atoms with Gasteiger partial charge >= 0.3 is 0 Å². The summed E-state index contributed by atoms with van der Waals surface area (Å²) in [5.74, 6) is 0. The van der Waals surface area contributed by atoms with Gasteiger partial charge in [-0.05, 0) is 39.9 Å². The molecule has 2 atom stereocenters. The van der Waals surface area contributed by atoms with Crippen LogP contribution in [0.4, 0.5) is 0 Å². The van der Waals surface area contributed by atoms with Crippen molar-refractivity contribution in [3.63, 3.8) is 0 Å². The van der Waals surface area contributed by atoms with Gasteiger partial charge in [0.25, 0.3) is 0 Å². The quantitative estimate of drug-likeness (QED) is 0.709. The van der Waals surface area contributed by atoms with E-state index in [1.54, 1.807) is 0 Å². The van der Waals surface area contributed by atoms with E-state index in [1.807, 2.05) is 0 Å². The van der Waals surface area contributed by atoms with Crippen LogP contribution in [0, 0.1) is 11.3 Å². The molecule has 0 radical (unpaired) electrons. The fraction of sp³-hybridized carbons (Fsp3) is 0.917. The van der Waals surface area contributed by atoms with Crippen LogP contribution in [0.5, 0.6) is 0 Å². The first-order valence-electron chi connectivity index (χ1n) is 6.00. The lowest BCUT2D eigenvalue weighted by atomic mass is 10.1. The molecule has 1 saturated heterocycles. The van der Waals surface area contributed by atoms with E-state index in [0.29, 0.717) is 18.5 Å². The maximum absolute atomic E-state index is 8.85. The van der Waals surface area contributed by atoms with Gasteiger partial charge in [-0.1, -0.05) is 6.92 Å². The zero-order valence-corrected chi connectivity index (χ0v) is 10.2. The first-order valence-corrected chi connectivity index (χ1v) is 6.00. The molecule has 1 fully saturated rings. The third kappa shape index (κ3) is 3.48. The molecule has 1 aliphatic heterocycles. The molecule has 2 unspecified atom stereocenters. The van der Waals surface area contributed by atoms with Gasteiger partial charge in [-0.15, -0.1) is 0 Å². The second-order valence-corrected chi connectivity index (χ2v) is 4.63. The standard InChI is InChI=1S/C12H23N3/c1-4-8-15-9-6-11(2)14(3)10-12(15)5-7-13/h11-12H,4-6,8-10H2,1-3H3. The Bertz CT molecular complexity index is 221. The molecule has 1 rings (SSSR count). The van der Waals surface area contributed by atoms with E-state index in [2.05, 4.69) is 36.8 Å². The summed E-state index contributed by atoms with van der Waals surface area (Å²) in [6, 6.07) is 3.40. The first-order chi connectivity index (χ1) is 7.19. The Morgan fingerprint density at radius 3 is 2.80 bits per heavy atom. The Balaban J connectivity index is 2.63. The van der Waals surface area contributed by atoms with Crippen molar-refractivity contribution in [1.29, 1.82) is 5.26 Å². The van der Waals surface area contributed by atoms with E-state index >= 15 is 0 Å². The van der Waals surface area contributed by atoms with E-state index in [4.69, 9.17) is 5.26 Å². The van der Waals surface area contributed by atoms with Gasteiger partial charge in [-0.2, -0.15) is 5.26 Å². The van der Waals surface area contributed by atoms with Crippen molar-refractivity contribution >= 4 is 0 Å². The van der Waals surface area contributed by atoms with E-state index in [0.717, 1.165) is 19.6 Å². The van der Waals surface area contributed by atoms with Crippen LogP contribution in [0.1, 0.15) is 33.1 Å². The zero-order chi connectivity index (χ0) is 11.3. The van der Waals surface area contributed by atoms with Crippen molar-refractivity contribution in [2.24, 2.45) is 0 Å². The number of nitrogens with zero attached hydrogens (tertiary/aromatic N) is 3. The summed E-state index contributed by atoms with van der Waals surface area (Å²) < 4.78 is 0. The summed E-state index contributed by atoms with van der Waals surface area (Å²) in [7, 11) is 2.17. The molecule has 0 amide bonds. The van der Waals surface area contributed by atoms with Gasteiger partial charge in [-0.25, -0.2) is 0 Å². The molecular formula is C12H23N3. The Morgan fingerprint density at radius 1 is 1.47 bits per heavy atom. The summed E-state index contributed by atoms with van der Waals surface area (Å²) in [4.78, 5) is 4.88. The van der Waals surface area contributed by atoms with Gasteiger partial charge in [0, 0.05) is 18.6 Å². The molecule has 0 aromatic rings. The minimum atomic E-state index is 0.435. The fourth-order valence-corrected chi connectivity index (χ4v) is 2.26. The zero-order valence-electron chi connectivity index (χ0n) is 10.2. The van der Waals surface area contributed by atoms with E-state index in [-0.39, 0.29) is 0 Å². The molecule has 15 heavy (non-hydrogen) atoms. The van der Waals surface area contributed by atoms with Gasteiger partial charge in [0.05, 0.1) is 12.5 Å². The van der Waals surface area contributed by atoms with Crippen molar-refractivity contribution in [2.75, 3.05) is 26.7 Å². The van der Waals surface area contributed by atoms with Crippen molar-refractivity contribution in [3.05, 3.63) is 0 Å². The second-order valence-electron chi connectivity index (χ2n) is 4.63. The van der Waals surface area contributed by atoms with E-state index < -0.39 is 0 Å². The van der Waals surface area contributed by atoms with Crippen molar-refractivity contribution in [2.45, 2.75) is 45.2 Å². The molecule has 0 N–H and O–H groups in total. The van der Waals surface area contributed by atoms with Crippen LogP contribution in [0.15, 0.2) is 0 Å². The maximum atomic E-state index is 8.85. The normalized spacial score (nSPS) is 29.7. The van der Waals surface area contributed by atoms with E-state index in [9.17, 15) is 0 Å². The van der Waals surface area contributed by atoms with Crippen molar-refractivity contribution < 1.29 is 0 Å². The van der Waals surface area contributed by atoms with Crippen LogP contribution < -0.4 is 0 Å². The second kappa shape index (κ2) is 6.09. The van der Waals surface area contributed by atoms with Crippen LogP contribution in [-0.2, 0) is 0 Å². The molecule has 0 aromatic heterocycles. The third-order valence-electron chi connectivity index (χ3n) is 3.44. The van der Waals surface area contributed by atoms with Crippen LogP contribution >= 0.6 is 0 Å². The van der Waals surface area contributed by atoms with Crippen LogP contribution in [0.25, 0.3) is 0 Å². The van der Waals surface area contributed by atoms with Gasteiger partial charge in [0.15, 0.2) is 0 Å². The van der Waals surface area contributed by atoms with Gasteiger partial charge in [-0.3, -0.25) is 4.90 Å². The first kappa shape index (κ1) is 12.5. The van der Waals surface area contributed by atoms with E-state index in [1.165, 1.54) is 12.8 Å². The molecule has 86 valence electrons. The smallest absolute Gasteiger partial charge is 0.0638 e. The highest BCUT2D eigenvalue weighted by Crippen LogP contribution is 2.16. The fourth-order valence-electron chi connectivity index (χ4n) is 2.26. The summed E-state index contributed by atoms with van der Waals surface area (Å²) in [5, 5.41) is 8.85. The Kier molecular flexibility index (Phi) is 5.07. The molecule has 0 aliphatic carbocycles. The van der Waals surface area contributed by atoms with Crippen LogP contribution in [-0.4, -0.2) is 48.6 Å². The van der Waals surface area contributed by atoms with Gasteiger partial charge < -0.3 is 4.90 Å². The topological polar surface area (TPSA) is 30.3 Å². The number of hydrogen-bond donors (Lipinski definition) is 0. The average molecular weight is 209 g/mol. The molecule has 0 spiro atoms. The minimum Gasteiger partial charge on any atom is -0.302 e. The number of likely N-dealkylation sites (N-methyl/N-ethyl adjacent to an activating group) is 1. The number of rotatable bonds is 3.